The van der Waals surface area contributed by atoms with Gasteiger partial charge in [-0.1, -0.05) is 51.6 Å². The highest BCUT2D eigenvalue weighted by Crippen LogP contribution is 2.44. The maximum absolute atomic E-state index is 12.9. The molecule has 0 aliphatic heterocycles. The third-order valence-corrected chi connectivity index (χ3v) is 9.39. The summed E-state index contributed by atoms with van der Waals surface area (Å²) >= 11 is 2.91. The van der Waals surface area contributed by atoms with Gasteiger partial charge < -0.3 is 14.6 Å². The lowest BCUT2D eigenvalue weighted by Gasteiger charge is -2.33. The van der Waals surface area contributed by atoms with Crippen LogP contribution in [-0.2, 0) is 30.6 Å². The largest absolute Gasteiger partial charge is 0.483 e. The molecule has 38 heavy (non-hydrogen) atoms. The topological polar surface area (TPSA) is 92.8 Å². The van der Waals surface area contributed by atoms with E-state index in [0.29, 0.717) is 28.2 Å². The van der Waals surface area contributed by atoms with Crippen LogP contribution in [0.15, 0.2) is 29.4 Å². The summed E-state index contributed by atoms with van der Waals surface area (Å²) in [4.78, 5) is 14.1. The number of nitriles is 1. The summed E-state index contributed by atoms with van der Waals surface area (Å²) in [5, 5.41) is 22.9. The van der Waals surface area contributed by atoms with Crippen molar-refractivity contribution in [1.29, 1.82) is 5.26 Å². The number of anilines is 1. The van der Waals surface area contributed by atoms with E-state index in [1.165, 1.54) is 22.2 Å². The average molecular weight is 552 g/mol. The van der Waals surface area contributed by atoms with Gasteiger partial charge in [0, 0.05) is 11.4 Å². The Morgan fingerprint density at radius 2 is 2.03 bits per heavy atom. The number of hydrogen-bond donors (Lipinski definition) is 1. The molecular weight excluding hydrogens is 514 g/mol. The highest BCUT2D eigenvalue weighted by atomic mass is 32.2. The van der Waals surface area contributed by atoms with Gasteiger partial charge in [-0.3, -0.25) is 4.79 Å². The number of carbonyl (C=O) groups excluding carboxylic acids is 1. The molecular formula is C29H37N5O2S2. The van der Waals surface area contributed by atoms with Crippen LogP contribution in [0.5, 0.6) is 5.75 Å². The van der Waals surface area contributed by atoms with Gasteiger partial charge in [-0.2, -0.15) is 5.26 Å². The standard InChI is InChI=1S/C29H37N5O2S2/c1-7-19-9-12-21(13-10-19)36-18(3)26-32-33-28(34(26)8-2)37-17-25(35)31-27-23(16-30)22-14-11-20(29(4,5)6)15-24(22)38-27/h9-10,12-13,18,20H,7-8,11,14-15,17H2,1-6H3,(H,31,35)/t18-,20-/m0/s1. The van der Waals surface area contributed by atoms with Gasteiger partial charge in [0.1, 0.15) is 16.8 Å². The van der Waals surface area contributed by atoms with Crippen LogP contribution in [0.3, 0.4) is 0 Å². The van der Waals surface area contributed by atoms with Crippen LogP contribution in [0.2, 0.25) is 0 Å². The molecule has 0 spiro atoms. The summed E-state index contributed by atoms with van der Waals surface area (Å²) in [6, 6.07) is 10.4. The van der Waals surface area contributed by atoms with Gasteiger partial charge in [0.25, 0.3) is 0 Å². The fraction of sp³-hybridized carbons (Fsp3) is 0.517. The average Bonchev–Trinajstić information content (AvgIpc) is 3.47. The summed E-state index contributed by atoms with van der Waals surface area (Å²) in [7, 11) is 0. The second-order valence-electron chi connectivity index (χ2n) is 10.8. The van der Waals surface area contributed by atoms with Crippen molar-refractivity contribution in [3.63, 3.8) is 0 Å². The molecule has 9 heteroatoms. The summed E-state index contributed by atoms with van der Waals surface area (Å²) in [6.45, 7) is 13.6. The summed E-state index contributed by atoms with van der Waals surface area (Å²) < 4.78 is 8.10. The zero-order valence-corrected chi connectivity index (χ0v) is 24.8. The molecule has 2 atom stereocenters. The third-order valence-electron chi connectivity index (χ3n) is 7.26. The highest BCUT2D eigenvalue weighted by molar-refractivity contribution is 7.99. The molecule has 1 aliphatic carbocycles. The Labute approximate surface area is 234 Å². The molecule has 1 aromatic carbocycles. The van der Waals surface area contributed by atoms with Crippen molar-refractivity contribution in [1.82, 2.24) is 14.8 Å². The molecule has 1 amide bonds. The predicted octanol–water partition coefficient (Wildman–Crippen LogP) is 6.82. The number of amides is 1. The third kappa shape index (κ3) is 6.24. The summed E-state index contributed by atoms with van der Waals surface area (Å²) in [6.07, 6.45) is 3.64. The van der Waals surface area contributed by atoms with Crippen molar-refractivity contribution < 1.29 is 9.53 Å². The SMILES string of the molecule is CCc1ccc(O[C@@H](C)c2nnc(SCC(=O)Nc3sc4c(c3C#N)CC[C@H](C(C)(C)C)C4)n2CC)cc1. The number of thioether (sulfide) groups is 1. The molecule has 4 rings (SSSR count). The van der Waals surface area contributed by atoms with Crippen LogP contribution >= 0.6 is 23.1 Å². The molecule has 1 N–H and O–H groups in total. The van der Waals surface area contributed by atoms with Crippen molar-refractivity contribution in [3.05, 3.63) is 51.7 Å². The molecule has 202 valence electrons. The van der Waals surface area contributed by atoms with E-state index in [-0.39, 0.29) is 23.2 Å². The molecule has 0 saturated carbocycles. The Hall–Kier alpha value is -2.83. The van der Waals surface area contributed by atoms with Gasteiger partial charge in [0.05, 0.1) is 11.3 Å². The van der Waals surface area contributed by atoms with Crippen LogP contribution in [-0.4, -0.2) is 26.4 Å². The van der Waals surface area contributed by atoms with E-state index in [0.717, 1.165) is 42.8 Å². The Kier molecular flexibility index (Phi) is 8.84. The van der Waals surface area contributed by atoms with Crippen molar-refractivity contribution >= 4 is 34.0 Å². The quantitative estimate of drug-likeness (QED) is 0.294. The van der Waals surface area contributed by atoms with Crippen molar-refractivity contribution in [2.24, 2.45) is 11.3 Å². The number of thiophene rings is 1. The van der Waals surface area contributed by atoms with Gasteiger partial charge in [-0.05, 0) is 74.1 Å². The van der Waals surface area contributed by atoms with E-state index >= 15 is 0 Å². The minimum Gasteiger partial charge on any atom is -0.483 e. The summed E-state index contributed by atoms with van der Waals surface area (Å²) in [5.74, 6) is 2.13. The molecule has 2 heterocycles. The molecule has 7 nitrogen and oxygen atoms in total. The highest BCUT2D eigenvalue weighted by Gasteiger charge is 2.32. The molecule has 0 fully saturated rings. The van der Waals surface area contributed by atoms with Crippen molar-refractivity contribution in [2.75, 3.05) is 11.1 Å². The zero-order valence-electron chi connectivity index (χ0n) is 23.1. The number of hydrogen-bond acceptors (Lipinski definition) is 7. The second kappa shape index (κ2) is 11.9. The lowest BCUT2D eigenvalue weighted by Crippen LogP contribution is -2.26. The van der Waals surface area contributed by atoms with E-state index < -0.39 is 0 Å². The maximum atomic E-state index is 12.9. The van der Waals surface area contributed by atoms with Crippen LogP contribution in [0, 0.1) is 22.7 Å². The first-order chi connectivity index (χ1) is 18.1. The lowest BCUT2D eigenvalue weighted by atomic mass is 9.72. The monoisotopic (exact) mass is 551 g/mol. The smallest absolute Gasteiger partial charge is 0.235 e. The number of aromatic nitrogens is 3. The summed E-state index contributed by atoms with van der Waals surface area (Å²) in [5.41, 5.74) is 3.24. The maximum Gasteiger partial charge on any atom is 0.235 e. The fourth-order valence-electron chi connectivity index (χ4n) is 4.89. The Morgan fingerprint density at radius 1 is 1.29 bits per heavy atom. The number of aryl methyl sites for hydroxylation is 1. The number of fused-ring (bicyclic) bond motifs is 1. The van der Waals surface area contributed by atoms with E-state index in [1.807, 2.05) is 30.5 Å². The molecule has 3 aromatic rings. The number of nitrogens with one attached hydrogen (secondary N) is 1. The molecule has 1 aliphatic rings. The van der Waals surface area contributed by atoms with Crippen molar-refractivity contribution in [2.45, 2.75) is 85.0 Å². The van der Waals surface area contributed by atoms with Gasteiger partial charge in [0.2, 0.25) is 5.91 Å². The first-order valence-electron chi connectivity index (χ1n) is 13.3. The fourth-order valence-corrected chi connectivity index (χ4v) is 6.99. The number of benzene rings is 1. The molecule has 0 bridgehead atoms. The number of nitrogens with zero attached hydrogens (tertiary/aromatic N) is 4. The number of rotatable bonds is 9. The van der Waals surface area contributed by atoms with Crippen LogP contribution in [0.1, 0.15) is 81.5 Å². The zero-order chi connectivity index (χ0) is 27.4. The van der Waals surface area contributed by atoms with Gasteiger partial charge in [-0.15, -0.1) is 21.5 Å². The predicted molar refractivity (Wildman–Crippen MR) is 154 cm³/mol. The van der Waals surface area contributed by atoms with Gasteiger partial charge in [0.15, 0.2) is 17.1 Å². The second-order valence-corrected chi connectivity index (χ2v) is 12.9. The van der Waals surface area contributed by atoms with E-state index in [2.05, 4.69) is 61.4 Å². The van der Waals surface area contributed by atoms with Gasteiger partial charge in [-0.25, -0.2) is 0 Å². The first kappa shape index (κ1) is 28.2. The number of carbonyl (C=O) groups is 1. The molecule has 0 saturated heterocycles. The molecule has 0 radical (unpaired) electrons. The van der Waals surface area contributed by atoms with Crippen LogP contribution in [0.25, 0.3) is 0 Å². The van der Waals surface area contributed by atoms with Crippen molar-refractivity contribution in [3.8, 4) is 11.8 Å². The Morgan fingerprint density at radius 3 is 2.66 bits per heavy atom. The Balaban J connectivity index is 1.40. The van der Waals surface area contributed by atoms with Crippen LogP contribution < -0.4 is 10.1 Å². The minimum atomic E-state index is -0.286. The normalized spacial score (nSPS) is 16.0. The number of ether oxygens (including phenoxy) is 1. The first-order valence-corrected chi connectivity index (χ1v) is 15.1. The van der Waals surface area contributed by atoms with E-state index in [1.54, 1.807) is 11.3 Å². The van der Waals surface area contributed by atoms with E-state index in [9.17, 15) is 10.1 Å². The molecule has 2 aromatic heterocycles. The lowest BCUT2D eigenvalue weighted by molar-refractivity contribution is -0.113. The molecule has 0 unspecified atom stereocenters. The van der Waals surface area contributed by atoms with Crippen LogP contribution in [0.4, 0.5) is 5.00 Å². The van der Waals surface area contributed by atoms with Gasteiger partial charge >= 0.3 is 0 Å². The van der Waals surface area contributed by atoms with E-state index in [4.69, 9.17) is 4.74 Å². The Bertz CT molecular complexity index is 1310. The minimum absolute atomic E-state index is 0.148.